The number of hydrogen-bond acceptors (Lipinski definition) is 2. The summed E-state index contributed by atoms with van der Waals surface area (Å²) in [5.41, 5.74) is 0.209. The highest BCUT2D eigenvalue weighted by atomic mass is 19.1. The van der Waals surface area contributed by atoms with Gasteiger partial charge in [-0.3, -0.25) is 9.59 Å². The number of nitrogens with one attached hydrogen (secondary N) is 2. The van der Waals surface area contributed by atoms with E-state index in [1.165, 1.54) is 6.07 Å². The molecule has 0 aromatic heterocycles. The standard InChI is InChI=1S/C20H28F2N2O2/c1-12(2)18(24-19(25)14-7-5-4-6-8-14)20(26)23-13(3)16-10-9-15(21)11-17(16)22/h9-14,18H,4-8H2,1-3H3,(H,23,26)(H,24,25). The van der Waals surface area contributed by atoms with Crippen molar-refractivity contribution < 1.29 is 18.4 Å². The number of carbonyl (C=O) groups excluding carboxylic acids is 2. The van der Waals surface area contributed by atoms with Crippen molar-refractivity contribution >= 4 is 11.8 Å². The molecule has 0 aliphatic heterocycles. The summed E-state index contributed by atoms with van der Waals surface area (Å²) in [6, 6.07) is 1.96. The molecule has 2 N–H and O–H groups in total. The van der Waals surface area contributed by atoms with Gasteiger partial charge in [-0.25, -0.2) is 8.78 Å². The summed E-state index contributed by atoms with van der Waals surface area (Å²) in [5, 5.41) is 5.59. The van der Waals surface area contributed by atoms with Gasteiger partial charge in [0.05, 0.1) is 6.04 Å². The second kappa shape index (κ2) is 9.10. The van der Waals surface area contributed by atoms with Crippen LogP contribution in [0.5, 0.6) is 0 Å². The average Bonchev–Trinajstić information content (AvgIpc) is 2.59. The molecule has 0 heterocycles. The number of benzene rings is 1. The highest BCUT2D eigenvalue weighted by Crippen LogP contribution is 2.24. The van der Waals surface area contributed by atoms with Crippen LogP contribution in [0.15, 0.2) is 18.2 Å². The Hall–Kier alpha value is -1.98. The van der Waals surface area contributed by atoms with E-state index < -0.39 is 23.7 Å². The molecule has 0 bridgehead atoms. The van der Waals surface area contributed by atoms with Crippen molar-refractivity contribution in [1.82, 2.24) is 10.6 Å². The zero-order chi connectivity index (χ0) is 19.3. The largest absolute Gasteiger partial charge is 0.348 e. The van der Waals surface area contributed by atoms with Crippen LogP contribution < -0.4 is 10.6 Å². The summed E-state index contributed by atoms with van der Waals surface area (Å²) in [6.07, 6.45) is 4.94. The van der Waals surface area contributed by atoms with Gasteiger partial charge in [0.1, 0.15) is 17.7 Å². The molecule has 2 atom stereocenters. The predicted octanol–water partition coefficient (Wildman–Crippen LogP) is 3.86. The van der Waals surface area contributed by atoms with Crippen LogP contribution >= 0.6 is 0 Å². The van der Waals surface area contributed by atoms with E-state index in [0.717, 1.165) is 44.2 Å². The minimum absolute atomic E-state index is 0.0373. The van der Waals surface area contributed by atoms with Crippen molar-refractivity contribution in [2.75, 3.05) is 0 Å². The van der Waals surface area contributed by atoms with E-state index in [0.29, 0.717) is 0 Å². The molecule has 0 spiro atoms. The van der Waals surface area contributed by atoms with E-state index >= 15 is 0 Å². The normalized spacial score (nSPS) is 17.6. The van der Waals surface area contributed by atoms with Gasteiger partial charge in [-0.2, -0.15) is 0 Å². The van der Waals surface area contributed by atoms with Crippen molar-refractivity contribution in [3.63, 3.8) is 0 Å². The van der Waals surface area contributed by atoms with Crippen LogP contribution in [0.1, 0.15) is 64.5 Å². The van der Waals surface area contributed by atoms with Crippen LogP contribution in [-0.4, -0.2) is 17.9 Å². The molecule has 2 unspecified atom stereocenters. The summed E-state index contributed by atoms with van der Waals surface area (Å²) in [7, 11) is 0. The SMILES string of the molecule is CC(NC(=O)C(NC(=O)C1CCCCC1)C(C)C)c1ccc(F)cc1F. The highest BCUT2D eigenvalue weighted by Gasteiger charge is 2.29. The topological polar surface area (TPSA) is 58.2 Å². The molecule has 2 rings (SSSR count). The summed E-state index contributed by atoms with van der Waals surface area (Å²) < 4.78 is 27.0. The third-order valence-corrected chi connectivity index (χ3v) is 5.01. The zero-order valence-electron chi connectivity index (χ0n) is 15.6. The Labute approximate surface area is 153 Å². The number of rotatable bonds is 6. The molecular weight excluding hydrogens is 338 g/mol. The van der Waals surface area contributed by atoms with Crippen LogP contribution in [-0.2, 0) is 9.59 Å². The molecule has 4 nitrogen and oxygen atoms in total. The lowest BCUT2D eigenvalue weighted by molar-refractivity contribution is -0.133. The van der Waals surface area contributed by atoms with E-state index in [2.05, 4.69) is 10.6 Å². The van der Waals surface area contributed by atoms with E-state index in [-0.39, 0.29) is 29.2 Å². The quantitative estimate of drug-likeness (QED) is 0.803. The summed E-state index contributed by atoms with van der Waals surface area (Å²) in [6.45, 7) is 5.34. The molecule has 1 fully saturated rings. The summed E-state index contributed by atoms with van der Waals surface area (Å²) >= 11 is 0. The average molecular weight is 366 g/mol. The molecule has 1 aromatic rings. The monoisotopic (exact) mass is 366 g/mol. The Morgan fingerprint density at radius 1 is 1.04 bits per heavy atom. The van der Waals surface area contributed by atoms with Crippen molar-refractivity contribution in [2.24, 2.45) is 11.8 Å². The summed E-state index contributed by atoms with van der Waals surface area (Å²) in [5.74, 6) is -1.95. The lowest BCUT2D eigenvalue weighted by Gasteiger charge is -2.27. The van der Waals surface area contributed by atoms with Crippen LogP contribution in [0.2, 0.25) is 0 Å². The third-order valence-electron chi connectivity index (χ3n) is 5.01. The maximum Gasteiger partial charge on any atom is 0.243 e. The molecule has 144 valence electrons. The van der Waals surface area contributed by atoms with Gasteiger partial charge in [-0.1, -0.05) is 39.2 Å². The number of carbonyl (C=O) groups is 2. The van der Waals surface area contributed by atoms with Gasteiger partial charge in [0.15, 0.2) is 0 Å². The van der Waals surface area contributed by atoms with Gasteiger partial charge >= 0.3 is 0 Å². The zero-order valence-corrected chi connectivity index (χ0v) is 15.6. The van der Waals surface area contributed by atoms with Crippen molar-refractivity contribution in [2.45, 2.75) is 65.0 Å². The lowest BCUT2D eigenvalue weighted by atomic mass is 9.88. The fraction of sp³-hybridized carbons (Fsp3) is 0.600. The molecule has 2 amide bonds. The van der Waals surface area contributed by atoms with Crippen LogP contribution in [0, 0.1) is 23.5 Å². The molecule has 1 aliphatic carbocycles. The number of halogens is 2. The smallest absolute Gasteiger partial charge is 0.243 e. The fourth-order valence-electron chi connectivity index (χ4n) is 3.40. The first-order chi connectivity index (χ1) is 12.3. The number of amides is 2. The van der Waals surface area contributed by atoms with Crippen molar-refractivity contribution in [3.05, 3.63) is 35.4 Å². The van der Waals surface area contributed by atoms with Gasteiger partial charge in [0.2, 0.25) is 11.8 Å². The maximum absolute atomic E-state index is 13.9. The van der Waals surface area contributed by atoms with Gasteiger partial charge in [0.25, 0.3) is 0 Å². The molecule has 1 aliphatic rings. The van der Waals surface area contributed by atoms with Gasteiger partial charge in [-0.15, -0.1) is 0 Å². The second-order valence-corrected chi connectivity index (χ2v) is 7.46. The molecular formula is C20H28F2N2O2. The van der Waals surface area contributed by atoms with Gasteiger partial charge in [-0.05, 0) is 31.7 Å². The van der Waals surface area contributed by atoms with E-state index in [1.807, 2.05) is 13.8 Å². The molecule has 26 heavy (non-hydrogen) atoms. The van der Waals surface area contributed by atoms with E-state index in [9.17, 15) is 18.4 Å². The lowest BCUT2D eigenvalue weighted by Crippen LogP contribution is -2.51. The second-order valence-electron chi connectivity index (χ2n) is 7.46. The van der Waals surface area contributed by atoms with Crippen molar-refractivity contribution in [1.29, 1.82) is 0 Å². The summed E-state index contributed by atoms with van der Waals surface area (Å²) in [4.78, 5) is 25.1. The maximum atomic E-state index is 13.9. The fourth-order valence-corrected chi connectivity index (χ4v) is 3.40. The Morgan fingerprint density at radius 2 is 1.69 bits per heavy atom. The minimum atomic E-state index is -0.704. The van der Waals surface area contributed by atoms with Crippen LogP contribution in [0.25, 0.3) is 0 Å². The van der Waals surface area contributed by atoms with Crippen molar-refractivity contribution in [3.8, 4) is 0 Å². The Balaban J connectivity index is 2.01. The van der Waals surface area contributed by atoms with Gasteiger partial charge < -0.3 is 10.6 Å². The number of hydrogen-bond donors (Lipinski definition) is 2. The van der Waals surface area contributed by atoms with E-state index in [4.69, 9.17) is 0 Å². The third kappa shape index (κ3) is 5.26. The molecule has 0 saturated heterocycles. The Bertz CT molecular complexity index is 643. The van der Waals surface area contributed by atoms with E-state index in [1.54, 1.807) is 6.92 Å². The Morgan fingerprint density at radius 3 is 2.27 bits per heavy atom. The Kier molecular flexibility index (Phi) is 7.12. The molecule has 1 aromatic carbocycles. The molecule has 0 radical (unpaired) electrons. The highest BCUT2D eigenvalue weighted by molar-refractivity contribution is 5.88. The van der Waals surface area contributed by atoms with Gasteiger partial charge in [0, 0.05) is 17.5 Å². The molecule has 6 heteroatoms. The first kappa shape index (κ1) is 20.3. The first-order valence-corrected chi connectivity index (χ1v) is 9.35. The van der Waals surface area contributed by atoms with Crippen LogP contribution in [0.3, 0.4) is 0 Å². The molecule has 1 saturated carbocycles. The minimum Gasteiger partial charge on any atom is -0.348 e. The van der Waals surface area contributed by atoms with Crippen LogP contribution in [0.4, 0.5) is 8.78 Å². The predicted molar refractivity (Wildman–Crippen MR) is 96.3 cm³/mol. The first-order valence-electron chi connectivity index (χ1n) is 9.35.